The molecule has 0 amide bonds. The summed E-state index contributed by atoms with van der Waals surface area (Å²) in [6.45, 7) is 0.470. The lowest BCUT2D eigenvalue weighted by Gasteiger charge is -2.36. The molecule has 1 atom stereocenters. The normalized spacial score (nSPS) is 14.0. The molecule has 0 aliphatic heterocycles. The SMILES string of the molecule is Cc1cccc(C(CNCC(F)(F)F)(Cc2ccccc2)c2cccc(OC(F)(F)F)c2)c1. The number of aryl methyl sites for hydroxylation is 1. The van der Waals surface area contributed by atoms with Crippen molar-refractivity contribution in [1.82, 2.24) is 5.32 Å². The van der Waals surface area contributed by atoms with Crippen LogP contribution in [0.3, 0.4) is 0 Å². The predicted octanol–water partition coefficient (Wildman–Crippen LogP) is 6.57. The zero-order valence-corrected chi connectivity index (χ0v) is 17.8. The molecular formula is C25H23F6NO. The number of ether oxygens (including phenoxy) is 1. The molecule has 0 fully saturated rings. The van der Waals surface area contributed by atoms with Gasteiger partial charge in [0.2, 0.25) is 0 Å². The van der Waals surface area contributed by atoms with E-state index in [2.05, 4.69) is 10.1 Å². The van der Waals surface area contributed by atoms with Gasteiger partial charge in [-0.15, -0.1) is 13.2 Å². The fourth-order valence-corrected chi connectivity index (χ4v) is 3.93. The Labute approximate surface area is 188 Å². The van der Waals surface area contributed by atoms with Crippen molar-refractivity contribution in [1.29, 1.82) is 0 Å². The maximum Gasteiger partial charge on any atom is 0.573 e. The largest absolute Gasteiger partial charge is 0.573 e. The summed E-state index contributed by atoms with van der Waals surface area (Å²) in [4.78, 5) is 0. The second kappa shape index (κ2) is 9.87. The maximum atomic E-state index is 13.0. The lowest BCUT2D eigenvalue weighted by atomic mass is 9.70. The molecule has 0 spiro atoms. The molecule has 0 radical (unpaired) electrons. The summed E-state index contributed by atoms with van der Waals surface area (Å²) in [6.07, 6.45) is -9.07. The second-order valence-corrected chi connectivity index (χ2v) is 7.91. The van der Waals surface area contributed by atoms with E-state index >= 15 is 0 Å². The maximum absolute atomic E-state index is 13.0. The number of benzene rings is 3. The highest BCUT2D eigenvalue weighted by molar-refractivity contribution is 5.46. The molecule has 176 valence electrons. The number of rotatable bonds is 8. The highest BCUT2D eigenvalue weighted by Gasteiger charge is 2.38. The third kappa shape index (κ3) is 6.99. The molecule has 0 aliphatic rings. The van der Waals surface area contributed by atoms with E-state index in [-0.39, 0.29) is 13.0 Å². The zero-order valence-electron chi connectivity index (χ0n) is 17.8. The van der Waals surface area contributed by atoms with E-state index in [0.29, 0.717) is 11.1 Å². The highest BCUT2D eigenvalue weighted by Crippen LogP contribution is 2.38. The smallest absolute Gasteiger partial charge is 0.406 e. The Morgan fingerprint density at radius 1 is 0.727 bits per heavy atom. The van der Waals surface area contributed by atoms with Gasteiger partial charge >= 0.3 is 12.5 Å². The summed E-state index contributed by atoms with van der Waals surface area (Å²) in [5.41, 5.74) is 1.71. The molecule has 3 aromatic rings. The molecular weight excluding hydrogens is 444 g/mol. The third-order valence-electron chi connectivity index (χ3n) is 5.29. The summed E-state index contributed by atoms with van der Waals surface area (Å²) in [5.74, 6) is -0.430. The van der Waals surface area contributed by atoms with Gasteiger partial charge in [0.1, 0.15) is 5.75 Å². The fourth-order valence-electron chi connectivity index (χ4n) is 3.93. The van der Waals surface area contributed by atoms with E-state index in [1.54, 1.807) is 18.2 Å². The van der Waals surface area contributed by atoms with Crippen LogP contribution in [0.2, 0.25) is 0 Å². The van der Waals surface area contributed by atoms with Crippen LogP contribution < -0.4 is 10.1 Å². The lowest BCUT2D eigenvalue weighted by molar-refractivity contribution is -0.274. The van der Waals surface area contributed by atoms with Crippen molar-refractivity contribution in [2.75, 3.05) is 13.1 Å². The minimum absolute atomic E-state index is 0.152. The average molecular weight is 467 g/mol. The van der Waals surface area contributed by atoms with Crippen molar-refractivity contribution in [2.24, 2.45) is 0 Å². The van der Waals surface area contributed by atoms with Crippen LogP contribution in [-0.2, 0) is 11.8 Å². The molecule has 0 aliphatic carbocycles. The van der Waals surface area contributed by atoms with Crippen molar-refractivity contribution in [3.8, 4) is 5.75 Å². The average Bonchev–Trinajstić information content (AvgIpc) is 2.72. The molecule has 1 N–H and O–H groups in total. The van der Waals surface area contributed by atoms with E-state index in [9.17, 15) is 26.3 Å². The number of halogens is 6. The van der Waals surface area contributed by atoms with Gasteiger partial charge in [-0.2, -0.15) is 13.2 Å². The Morgan fingerprint density at radius 2 is 1.36 bits per heavy atom. The monoisotopic (exact) mass is 467 g/mol. The van der Waals surface area contributed by atoms with Crippen LogP contribution in [0.25, 0.3) is 0 Å². The summed E-state index contributed by atoms with van der Waals surface area (Å²) in [6, 6.07) is 21.8. The first-order chi connectivity index (χ1) is 15.5. The van der Waals surface area contributed by atoms with Crippen molar-refractivity contribution in [2.45, 2.75) is 31.3 Å². The number of nitrogens with one attached hydrogen (secondary N) is 1. The van der Waals surface area contributed by atoms with Gasteiger partial charge in [-0.25, -0.2) is 0 Å². The van der Waals surface area contributed by atoms with Gasteiger partial charge in [0, 0.05) is 12.0 Å². The Hall–Kier alpha value is -3.00. The van der Waals surface area contributed by atoms with Crippen LogP contribution >= 0.6 is 0 Å². The minimum atomic E-state index is -4.89. The Balaban J connectivity index is 2.16. The van der Waals surface area contributed by atoms with Crippen molar-refractivity contribution in [3.63, 3.8) is 0 Å². The molecule has 33 heavy (non-hydrogen) atoms. The van der Waals surface area contributed by atoms with E-state index in [0.717, 1.165) is 11.1 Å². The van der Waals surface area contributed by atoms with Gasteiger partial charge in [-0.05, 0) is 42.2 Å². The van der Waals surface area contributed by atoms with Crippen LogP contribution in [-0.4, -0.2) is 25.6 Å². The molecule has 3 aromatic carbocycles. The first-order valence-electron chi connectivity index (χ1n) is 10.2. The lowest BCUT2D eigenvalue weighted by Crippen LogP contribution is -2.44. The van der Waals surface area contributed by atoms with Gasteiger partial charge in [0.15, 0.2) is 0 Å². The van der Waals surface area contributed by atoms with E-state index in [4.69, 9.17) is 0 Å². The van der Waals surface area contributed by atoms with Crippen molar-refractivity contribution >= 4 is 0 Å². The molecule has 0 heterocycles. The van der Waals surface area contributed by atoms with Gasteiger partial charge in [-0.3, -0.25) is 0 Å². The predicted molar refractivity (Wildman–Crippen MR) is 114 cm³/mol. The van der Waals surface area contributed by atoms with Crippen molar-refractivity contribution < 1.29 is 31.1 Å². The number of hydrogen-bond donors (Lipinski definition) is 1. The minimum Gasteiger partial charge on any atom is -0.406 e. The van der Waals surface area contributed by atoms with E-state index in [1.807, 2.05) is 49.4 Å². The standard InChI is InChI=1S/C25H23F6NO/c1-18-7-5-10-20(13-18)23(16-32-17-24(26,27)28,15-19-8-3-2-4-9-19)21-11-6-12-22(14-21)33-25(29,30)31/h2-14,32H,15-17H2,1H3. The topological polar surface area (TPSA) is 21.3 Å². The molecule has 0 saturated carbocycles. The van der Waals surface area contributed by atoms with Crippen molar-refractivity contribution in [3.05, 3.63) is 101 Å². The summed E-state index contributed by atoms with van der Waals surface area (Å²) in [5, 5.41) is 2.48. The van der Waals surface area contributed by atoms with Gasteiger partial charge in [-0.1, -0.05) is 72.3 Å². The van der Waals surface area contributed by atoms with Crippen LogP contribution in [0, 0.1) is 6.92 Å². The molecule has 0 saturated heterocycles. The quantitative estimate of drug-likeness (QED) is 0.378. The highest BCUT2D eigenvalue weighted by atomic mass is 19.4. The Morgan fingerprint density at radius 3 is 1.97 bits per heavy atom. The zero-order chi connectivity index (χ0) is 24.1. The van der Waals surface area contributed by atoms with E-state index < -0.39 is 30.2 Å². The van der Waals surface area contributed by atoms with Gasteiger partial charge in [0.25, 0.3) is 0 Å². The summed E-state index contributed by atoms with van der Waals surface area (Å²) < 4.78 is 81.6. The summed E-state index contributed by atoms with van der Waals surface area (Å²) in [7, 11) is 0. The Bertz CT molecular complexity index is 1050. The van der Waals surface area contributed by atoms with Crippen LogP contribution in [0.1, 0.15) is 22.3 Å². The first kappa shape index (κ1) is 24.6. The van der Waals surface area contributed by atoms with Crippen LogP contribution in [0.5, 0.6) is 5.75 Å². The van der Waals surface area contributed by atoms with Crippen LogP contribution in [0.15, 0.2) is 78.9 Å². The molecule has 0 aromatic heterocycles. The third-order valence-corrected chi connectivity index (χ3v) is 5.29. The molecule has 8 heteroatoms. The van der Waals surface area contributed by atoms with Crippen LogP contribution in [0.4, 0.5) is 26.3 Å². The van der Waals surface area contributed by atoms with Gasteiger partial charge in [0.05, 0.1) is 6.54 Å². The molecule has 2 nitrogen and oxygen atoms in total. The number of hydrogen-bond acceptors (Lipinski definition) is 2. The summed E-state index contributed by atoms with van der Waals surface area (Å²) >= 11 is 0. The second-order valence-electron chi connectivity index (χ2n) is 7.91. The molecule has 1 unspecified atom stereocenters. The molecule has 0 bridgehead atoms. The Kier molecular flexibility index (Phi) is 7.37. The molecule has 3 rings (SSSR count). The van der Waals surface area contributed by atoms with E-state index in [1.165, 1.54) is 18.2 Å². The fraction of sp³-hybridized carbons (Fsp3) is 0.280. The first-order valence-corrected chi connectivity index (χ1v) is 10.2. The van der Waals surface area contributed by atoms with Gasteiger partial charge < -0.3 is 10.1 Å². The number of alkyl halides is 6.